The lowest BCUT2D eigenvalue weighted by molar-refractivity contribution is 0.349. The first-order valence-electron chi connectivity index (χ1n) is 10.4. The summed E-state index contributed by atoms with van der Waals surface area (Å²) in [5, 5.41) is 0. The lowest BCUT2D eigenvalue weighted by Crippen LogP contribution is -2.37. The quantitative estimate of drug-likeness (QED) is 0.834. The largest absolute Gasteiger partial charge is 0.356 e. The van der Waals surface area contributed by atoms with E-state index < -0.39 is 0 Å². The number of piperidine rings is 1. The first-order valence-corrected chi connectivity index (χ1v) is 10.4. The lowest BCUT2D eigenvalue weighted by Gasteiger charge is -2.34. The first kappa shape index (κ1) is 16.9. The van der Waals surface area contributed by atoms with Gasteiger partial charge in [-0.25, -0.2) is 15.0 Å². The number of nitrogens with zero attached hydrogens (tertiary/aromatic N) is 5. The van der Waals surface area contributed by atoms with Crippen LogP contribution in [0.2, 0.25) is 0 Å². The van der Waals surface area contributed by atoms with E-state index in [9.17, 15) is 4.79 Å². The van der Waals surface area contributed by atoms with Gasteiger partial charge in [0.15, 0.2) is 0 Å². The number of hydrogen-bond donors (Lipinski definition) is 0. The summed E-state index contributed by atoms with van der Waals surface area (Å²) in [6, 6.07) is 1.75. The third kappa shape index (κ3) is 3.49. The Labute approximate surface area is 159 Å². The summed E-state index contributed by atoms with van der Waals surface area (Å²) in [5.74, 6) is 2.23. The van der Waals surface area contributed by atoms with Crippen LogP contribution in [0.25, 0.3) is 0 Å². The highest BCUT2D eigenvalue weighted by atomic mass is 16.1. The van der Waals surface area contributed by atoms with Gasteiger partial charge in [-0.3, -0.25) is 9.36 Å². The van der Waals surface area contributed by atoms with Gasteiger partial charge in [0, 0.05) is 42.9 Å². The molecule has 3 heterocycles. The van der Waals surface area contributed by atoms with Gasteiger partial charge in [-0.2, -0.15) is 0 Å². The highest BCUT2D eigenvalue weighted by Gasteiger charge is 2.27. The van der Waals surface area contributed by atoms with Crippen molar-refractivity contribution in [1.82, 2.24) is 19.5 Å². The summed E-state index contributed by atoms with van der Waals surface area (Å²) in [5.41, 5.74) is 3.72. The zero-order valence-corrected chi connectivity index (χ0v) is 15.8. The van der Waals surface area contributed by atoms with Crippen LogP contribution in [0.4, 0.5) is 5.82 Å². The Hall–Kier alpha value is -2.24. The Bertz CT molecular complexity index is 880. The zero-order chi connectivity index (χ0) is 18.2. The molecule has 2 fully saturated rings. The maximum absolute atomic E-state index is 12.4. The second-order valence-electron chi connectivity index (χ2n) is 8.34. The van der Waals surface area contributed by atoms with E-state index >= 15 is 0 Å². The van der Waals surface area contributed by atoms with E-state index in [0.717, 1.165) is 56.8 Å². The Balaban J connectivity index is 1.24. The smallest absolute Gasteiger partial charge is 0.253 e. The van der Waals surface area contributed by atoms with Gasteiger partial charge in [0.2, 0.25) is 0 Å². The summed E-state index contributed by atoms with van der Waals surface area (Å²) < 4.78 is 1.80. The van der Waals surface area contributed by atoms with Crippen LogP contribution in [0.1, 0.15) is 61.4 Å². The molecule has 2 aromatic rings. The van der Waals surface area contributed by atoms with Crippen LogP contribution in [-0.2, 0) is 19.4 Å². The third-order valence-electron chi connectivity index (χ3n) is 6.37. The normalized spacial score (nSPS) is 20.5. The van der Waals surface area contributed by atoms with Gasteiger partial charge in [-0.15, -0.1) is 0 Å². The van der Waals surface area contributed by atoms with Crippen molar-refractivity contribution < 1.29 is 0 Å². The van der Waals surface area contributed by atoms with Crippen molar-refractivity contribution in [2.24, 2.45) is 5.92 Å². The Kier molecular flexibility index (Phi) is 4.42. The standard InChI is InChI=1S/C21H27N5O/c27-20-11-19(16-5-6-16)24-14-26(20)12-15-7-9-25(10-8-15)21-17-3-1-2-4-18(17)22-13-23-21/h11,13-16H,1-10,12H2. The Morgan fingerprint density at radius 2 is 1.81 bits per heavy atom. The molecule has 0 N–H and O–H groups in total. The molecule has 5 rings (SSSR count). The van der Waals surface area contributed by atoms with E-state index in [1.807, 2.05) is 0 Å². The van der Waals surface area contributed by atoms with E-state index in [1.165, 1.54) is 36.9 Å². The van der Waals surface area contributed by atoms with Crippen molar-refractivity contribution in [3.63, 3.8) is 0 Å². The van der Waals surface area contributed by atoms with Gasteiger partial charge >= 0.3 is 0 Å². The molecule has 2 aromatic heterocycles. The number of hydrogen-bond acceptors (Lipinski definition) is 5. The van der Waals surface area contributed by atoms with Gasteiger partial charge in [0.1, 0.15) is 12.1 Å². The van der Waals surface area contributed by atoms with E-state index in [4.69, 9.17) is 0 Å². The summed E-state index contributed by atoms with van der Waals surface area (Å²) in [4.78, 5) is 28.4. The fourth-order valence-electron chi connectivity index (χ4n) is 4.56. The molecule has 0 bridgehead atoms. The van der Waals surface area contributed by atoms with Crippen LogP contribution in [-0.4, -0.2) is 32.6 Å². The topological polar surface area (TPSA) is 63.9 Å². The lowest BCUT2D eigenvalue weighted by atomic mass is 9.93. The molecule has 142 valence electrons. The van der Waals surface area contributed by atoms with Crippen molar-refractivity contribution in [2.45, 2.75) is 63.8 Å². The third-order valence-corrected chi connectivity index (χ3v) is 6.37. The van der Waals surface area contributed by atoms with E-state index in [0.29, 0.717) is 11.8 Å². The van der Waals surface area contributed by atoms with Crippen LogP contribution in [0.5, 0.6) is 0 Å². The molecule has 1 aliphatic heterocycles. The average molecular weight is 365 g/mol. The van der Waals surface area contributed by atoms with Gasteiger partial charge < -0.3 is 4.90 Å². The molecule has 0 aromatic carbocycles. The van der Waals surface area contributed by atoms with Crippen LogP contribution in [0, 0.1) is 5.92 Å². The minimum atomic E-state index is 0.110. The van der Waals surface area contributed by atoms with E-state index in [-0.39, 0.29) is 5.56 Å². The second-order valence-corrected chi connectivity index (χ2v) is 8.34. The van der Waals surface area contributed by atoms with Crippen molar-refractivity contribution in [3.05, 3.63) is 46.0 Å². The average Bonchev–Trinajstić information content (AvgIpc) is 3.55. The van der Waals surface area contributed by atoms with Crippen molar-refractivity contribution in [2.75, 3.05) is 18.0 Å². The molecular weight excluding hydrogens is 338 g/mol. The molecule has 6 nitrogen and oxygen atoms in total. The SMILES string of the molecule is O=c1cc(C2CC2)ncn1CC1CCN(c2ncnc3c2CCCC3)CC1. The number of fused-ring (bicyclic) bond motifs is 1. The van der Waals surface area contributed by atoms with Crippen molar-refractivity contribution >= 4 is 5.82 Å². The number of anilines is 1. The fourth-order valence-corrected chi connectivity index (χ4v) is 4.56. The molecule has 1 saturated heterocycles. The maximum Gasteiger partial charge on any atom is 0.253 e. The predicted octanol–water partition coefficient (Wildman–Crippen LogP) is 2.71. The minimum Gasteiger partial charge on any atom is -0.356 e. The number of aryl methyl sites for hydroxylation is 1. The molecule has 0 atom stereocenters. The maximum atomic E-state index is 12.4. The van der Waals surface area contributed by atoms with Gasteiger partial charge in [-0.05, 0) is 57.3 Å². The van der Waals surface area contributed by atoms with Crippen molar-refractivity contribution in [3.8, 4) is 0 Å². The molecule has 0 unspecified atom stereocenters. The van der Waals surface area contributed by atoms with Crippen molar-refractivity contribution in [1.29, 1.82) is 0 Å². The summed E-state index contributed by atoms with van der Waals surface area (Å²) in [6.45, 7) is 2.80. The Morgan fingerprint density at radius 1 is 1.00 bits per heavy atom. The molecule has 0 amide bonds. The Morgan fingerprint density at radius 3 is 2.59 bits per heavy atom. The van der Waals surface area contributed by atoms with E-state index in [1.54, 1.807) is 23.3 Å². The summed E-state index contributed by atoms with van der Waals surface area (Å²) in [6.07, 6.45) is 12.7. The van der Waals surface area contributed by atoms with Crippen LogP contribution in [0.3, 0.4) is 0 Å². The zero-order valence-electron chi connectivity index (χ0n) is 15.8. The molecule has 3 aliphatic rings. The van der Waals surface area contributed by atoms with Crippen LogP contribution >= 0.6 is 0 Å². The monoisotopic (exact) mass is 365 g/mol. The summed E-state index contributed by atoms with van der Waals surface area (Å²) in [7, 11) is 0. The predicted molar refractivity (Wildman–Crippen MR) is 104 cm³/mol. The molecule has 0 spiro atoms. The van der Waals surface area contributed by atoms with E-state index in [2.05, 4.69) is 19.9 Å². The summed E-state index contributed by atoms with van der Waals surface area (Å²) >= 11 is 0. The molecule has 1 saturated carbocycles. The number of rotatable bonds is 4. The highest BCUT2D eigenvalue weighted by Crippen LogP contribution is 2.38. The minimum absolute atomic E-state index is 0.110. The number of aromatic nitrogens is 4. The molecule has 27 heavy (non-hydrogen) atoms. The van der Waals surface area contributed by atoms with Gasteiger partial charge in [0.25, 0.3) is 5.56 Å². The second kappa shape index (κ2) is 7.06. The van der Waals surface area contributed by atoms with Gasteiger partial charge in [0.05, 0.1) is 12.0 Å². The fraction of sp³-hybridized carbons (Fsp3) is 0.619. The molecule has 2 aliphatic carbocycles. The highest BCUT2D eigenvalue weighted by molar-refractivity contribution is 5.49. The molecular formula is C21H27N5O. The first-order chi connectivity index (χ1) is 13.3. The van der Waals surface area contributed by atoms with Crippen LogP contribution < -0.4 is 10.5 Å². The van der Waals surface area contributed by atoms with Crippen LogP contribution in [0.15, 0.2) is 23.5 Å². The van der Waals surface area contributed by atoms with Gasteiger partial charge in [-0.1, -0.05) is 0 Å². The molecule has 0 radical (unpaired) electrons. The molecule has 6 heteroatoms.